The van der Waals surface area contributed by atoms with E-state index in [1.807, 2.05) is 103 Å². The molecule has 0 aliphatic heterocycles. The standard InChI is InChI=1S/C29H23ClNO2PS2/c30-23-10-16-24(17-11-23)35-19-18-27(31-34)29(33)22-8-14-26(15-9-22)36-25-12-6-21(7-13-25)28(32)20-4-2-1-3-5-20/h1-17H,18-19,34H2/b31-27+. The zero-order chi connectivity index (χ0) is 25.3. The molecule has 3 nitrogen and oxygen atoms in total. The average Bonchev–Trinajstić information content (AvgIpc) is 2.93. The van der Waals surface area contributed by atoms with E-state index in [-0.39, 0.29) is 11.6 Å². The van der Waals surface area contributed by atoms with Gasteiger partial charge >= 0.3 is 0 Å². The van der Waals surface area contributed by atoms with E-state index in [1.54, 1.807) is 23.5 Å². The maximum absolute atomic E-state index is 12.9. The predicted molar refractivity (Wildman–Crippen MR) is 155 cm³/mol. The lowest BCUT2D eigenvalue weighted by Gasteiger charge is -2.07. The zero-order valence-corrected chi connectivity index (χ0v) is 22.8. The molecule has 7 heteroatoms. The van der Waals surface area contributed by atoms with E-state index < -0.39 is 0 Å². The molecule has 0 fully saturated rings. The first-order valence-corrected chi connectivity index (χ1v) is 13.9. The first-order valence-electron chi connectivity index (χ1n) is 11.2. The van der Waals surface area contributed by atoms with E-state index >= 15 is 0 Å². The lowest BCUT2D eigenvalue weighted by molar-refractivity contribution is 0.103. The Morgan fingerprint density at radius 1 is 0.694 bits per heavy atom. The summed E-state index contributed by atoms with van der Waals surface area (Å²) < 4.78 is 4.16. The Balaban J connectivity index is 1.33. The number of thioether (sulfide) groups is 1. The van der Waals surface area contributed by atoms with Gasteiger partial charge in [-0.15, -0.1) is 11.8 Å². The maximum atomic E-state index is 12.9. The van der Waals surface area contributed by atoms with Gasteiger partial charge in [0, 0.05) is 48.6 Å². The van der Waals surface area contributed by atoms with Crippen LogP contribution < -0.4 is 0 Å². The van der Waals surface area contributed by atoms with Crippen molar-refractivity contribution in [2.75, 3.05) is 5.75 Å². The summed E-state index contributed by atoms with van der Waals surface area (Å²) >= 11 is 9.18. The third-order valence-corrected chi connectivity index (χ3v) is 7.94. The van der Waals surface area contributed by atoms with Crippen molar-refractivity contribution >= 4 is 61.8 Å². The Morgan fingerprint density at radius 2 is 1.22 bits per heavy atom. The fourth-order valence-corrected chi connectivity index (χ4v) is 5.49. The molecule has 4 rings (SSSR count). The van der Waals surface area contributed by atoms with Gasteiger partial charge in [0.15, 0.2) is 5.78 Å². The number of Topliss-reactive ketones (excluding diaryl/α,β-unsaturated/α-hetero) is 1. The van der Waals surface area contributed by atoms with Gasteiger partial charge in [0.05, 0.1) is 5.71 Å². The molecule has 0 saturated heterocycles. The van der Waals surface area contributed by atoms with Crippen LogP contribution in [0, 0.1) is 0 Å². The van der Waals surface area contributed by atoms with E-state index in [9.17, 15) is 9.59 Å². The Kier molecular flexibility index (Phi) is 9.54. The van der Waals surface area contributed by atoms with Gasteiger partial charge in [0.25, 0.3) is 0 Å². The monoisotopic (exact) mass is 547 g/mol. The fraction of sp³-hybridized carbons (Fsp3) is 0.0690. The molecule has 0 bridgehead atoms. The number of rotatable bonds is 10. The molecule has 0 N–H and O–H groups in total. The predicted octanol–water partition coefficient (Wildman–Crippen LogP) is 8.32. The molecular formula is C29H23ClNO2PS2. The number of carbonyl (C=O) groups is 2. The van der Waals surface area contributed by atoms with Crippen LogP contribution in [0.5, 0.6) is 0 Å². The second kappa shape index (κ2) is 13.0. The third-order valence-electron chi connectivity index (χ3n) is 5.34. The highest BCUT2D eigenvalue weighted by Gasteiger charge is 2.14. The Bertz CT molecular complexity index is 1360. The molecule has 0 aliphatic rings. The fourth-order valence-electron chi connectivity index (χ4n) is 3.44. The van der Waals surface area contributed by atoms with Crippen molar-refractivity contribution in [3.05, 3.63) is 125 Å². The molecule has 0 amide bonds. The topological polar surface area (TPSA) is 46.5 Å². The van der Waals surface area contributed by atoms with E-state index in [0.29, 0.717) is 33.8 Å². The van der Waals surface area contributed by atoms with Crippen LogP contribution in [0.4, 0.5) is 0 Å². The van der Waals surface area contributed by atoms with Gasteiger partial charge in [0.2, 0.25) is 5.78 Å². The van der Waals surface area contributed by atoms with Gasteiger partial charge in [0.1, 0.15) is 0 Å². The Morgan fingerprint density at radius 3 is 1.81 bits per heavy atom. The normalized spacial score (nSPS) is 11.3. The summed E-state index contributed by atoms with van der Waals surface area (Å²) in [5.74, 6) is 0.687. The summed E-state index contributed by atoms with van der Waals surface area (Å²) in [5.41, 5.74) is 2.47. The summed E-state index contributed by atoms with van der Waals surface area (Å²) in [6.07, 6.45) is 0.570. The number of carbonyl (C=O) groups excluding carboxylic acids is 2. The summed E-state index contributed by atoms with van der Waals surface area (Å²) in [7, 11) is 2.31. The average molecular weight is 548 g/mol. The lowest BCUT2D eigenvalue weighted by Crippen LogP contribution is -2.14. The van der Waals surface area contributed by atoms with Gasteiger partial charge in [-0.3, -0.25) is 14.4 Å². The molecule has 0 aromatic heterocycles. The molecule has 0 radical (unpaired) electrons. The smallest absolute Gasteiger partial charge is 0.207 e. The number of hydrogen-bond donors (Lipinski definition) is 0. The van der Waals surface area contributed by atoms with Crippen LogP contribution in [0.15, 0.2) is 123 Å². The second-order valence-electron chi connectivity index (χ2n) is 7.80. The van der Waals surface area contributed by atoms with Crippen LogP contribution in [-0.2, 0) is 0 Å². The van der Waals surface area contributed by atoms with Crippen LogP contribution in [-0.4, -0.2) is 23.0 Å². The van der Waals surface area contributed by atoms with Crippen molar-refractivity contribution < 1.29 is 9.59 Å². The third kappa shape index (κ3) is 7.18. The SMILES string of the molecule is O=C(/C(CCSc1ccc(Cl)cc1)=N/P)c1ccc(Sc2ccc(C(=O)c3ccccc3)cc2)cc1. The van der Waals surface area contributed by atoms with Crippen molar-refractivity contribution in [2.24, 2.45) is 4.76 Å². The lowest BCUT2D eigenvalue weighted by atomic mass is 10.0. The number of benzene rings is 4. The van der Waals surface area contributed by atoms with Crippen molar-refractivity contribution in [1.29, 1.82) is 0 Å². The van der Waals surface area contributed by atoms with Crippen molar-refractivity contribution in [1.82, 2.24) is 0 Å². The molecule has 0 aliphatic carbocycles. The Labute approximate surface area is 227 Å². The molecule has 0 heterocycles. The van der Waals surface area contributed by atoms with Gasteiger partial charge in [-0.25, -0.2) is 0 Å². The van der Waals surface area contributed by atoms with Gasteiger partial charge in [-0.05, 0) is 82.2 Å². The highest BCUT2D eigenvalue weighted by molar-refractivity contribution is 7.99. The molecule has 4 aromatic carbocycles. The number of ketones is 2. The van der Waals surface area contributed by atoms with Crippen molar-refractivity contribution in [3.63, 3.8) is 0 Å². The first kappa shape index (κ1) is 26.4. The highest BCUT2D eigenvalue weighted by atomic mass is 35.5. The number of nitrogens with zero attached hydrogens (tertiary/aromatic N) is 1. The highest BCUT2D eigenvalue weighted by Crippen LogP contribution is 2.29. The largest absolute Gasteiger partial charge is 0.289 e. The number of hydrogen-bond acceptors (Lipinski definition) is 5. The van der Waals surface area contributed by atoms with Crippen LogP contribution in [0.3, 0.4) is 0 Å². The molecular weight excluding hydrogens is 525 g/mol. The van der Waals surface area contributed by atoms with E-state index in [0.717, 1.165) is 20.4 Å². The maximum Gasteiger partial charge on any atom is 0.207 e. The molecule has 0 saturated carbocycles. The minimum Gasteiger partial charge on any atom is -0.289 e. The summed E-state index contributed by atoms with van der Waals surface area (Å²) in [5, 5.41) is 0.707. The van der Waals surface area contributed by atoms with Crippen LogP contribution in [0.1, 0.15) is 32.7 Å². The van der Waals surface area contributed by atoms with Gasteiger partial charge in [-0.2, -0.15) is 0 Å². The summed E-state index contributed by atoms with van der Waals surface area (Å²) in [4.78, 5) is 28.7. The van der Waals surface area contributed by atoms with E-state index in [4.69, 9.17) is 11.6 Å². The quantitative estimate of drug-likeness (QED) is 0.0866. The van der Waals surface area contributed by atoms with Gasteiger partial charge < -0.3 is 0 Å². The van der Waals surface area contributed by atoms with E-state index in [1.165, 1.54) is 0 Å². The van der Waals surface area contributed by atoms with Crippen LogP contribution in [0.25, 0.3) is 0 Å². The van der Waals surface area contributed by atoms with Crippen LogP contribution >= 0.6 is 44.5 Å². The minimum atomic E-state index is -0.0676. The summed E-state index contributed by atoms with van der Waals surface area (Å²) in [6, 6.07) is 32.0. The molecule has 4 aromatic rings. The molecule has 36 heavy (non-hydrogen) atoms. The summed E-state index contributed by atoms with van der Waals surface area (Å²) in [6.45, 7) is 0. The van der Waals surface area contributed by atoms with Gasteiger partial charge in [-0.1, -0.05) is 53.7 Å². The van der Waals surface area contributed by atoms with Crippen LogP contribution in [0.2, 0.25) is 5.02 Å². The zero-order valence-electron chi connectivity index (χ0n) is 19.3. The first-order chi connectivity index (χ1) is 17.5. The molecule has 1 unspecified atom stereocenters. The molecule has 0 spiro atoms. The minimum absolute atomic E-state index is 0.00753. The van der Waals surface area contributed by atoms with Crippen molar-refractivity contribution in [3.8, 4) is 0 Å². The Hall–Kier alpha value is -2.69. The molecule has 1 atom stereocenters. The number of halogens is 1. The molecule has 180 valence electrons. The van der Waals surface area contributed by atoms with Crippen molar-refractivity contribution in [2.45, 2.75) is 21.1 Å². The second-order valence-corrected chi connectivity index (χ2v) is 10.8. The van der Waals surface area contributed by atoms with E-state index in [2.05, 4.69) is 14.2 Å².